The minimum Gasteiger partial charge on any atom is -0.480 e. The fourth-order valence-electron chi connectivity index (χ4n) is 5.66. The molecule has 0 aliphatic rings. The second kappa shape index (κ2) is 27.6. The third-order valence-electron chi connectivity index (χ3n) is 8.76. The summed E-state index contributed by atoms with van der Waals surface area (Å²) in [6.45, 7) is 6.94. The average Bonchev–Trinajstić information content (AvgIpc) is 3.97. The lowest BCUT2D eigenvalue weighted by Gasteiger charge is -2.21. The lowest BCUT2D eigenvalue weighted by Crippen LogP contribution is -2.49. The summed E-state index contributed by atoms with van der Waals surface area (Å²) in [4.78, 5) is 107. The van der Waals surface area contributed by atoms with E-state index in [2.05, 4.69) is 41.2 Å². The van der Waals surface area contributed by atoms with Gasteiger partial charge in [-0.15, -0.1) is 0 Å². The van der Waals surface area contributed by atoms with Crippen molar-refractivity contribution in [2.24, 2.45) is 23.5 Å². The predicted molar refractivity (Wildman–Crippen MR) is 229 cm³/mol. The maximum Gasteiger partial charge on any atom is 0.326 e. The molecule has 4 amide bonds. The molecule has 4 aromatic rings. The lowest BCUT2D eigenvalue weighted by molar-refractivity contribution is -0.143. The largest absolute Gasteiger partial charge is 0.480 e. The first-order valence-electron chi connectivity index (χ1n) is 20.0. The van der Waals surface area contributed by atoms with E-state index in [0.29, 0.717) is 29.7 Å². The number of carboxylic acid groups (broad SMARTS) is 3. The zero-order valence-electron chi connectivity index (χ0n) is 35.6. The second-order valence-corrected chi connectivity index (χ2v) is 15.2. The summed E-state index contributed by atoms with van der Waals surface area (Å²) in [5.41, 5.74) is 8.01. The summed E-state index contributed by atoms with van der Waals surface area (Å²) in [5.74, 6) is -5.85. The van der Waals surface area contributed by atoms with E-state index in [1.54, 1.807) is 73.1 Å². The van der Waals surface area contributed by atoms with Gasteiger partial charge in [0, 0.05) is 54.2 Å². The van der Waals surface area contributed by atoms with Crippen LogP contribution in [0.25, 0.3) is 0 Å². The molecule has 2 aromatic heterocycles. The number of nitrogens with zero attached hydrogens (tertiary/aromatic N) is 2. The summed E-state index contributed by atoms with van der Waals surface area (Å²) < 4.78 is 0. The van der Waals surface area contributed by atoms with Gasteiger partial charge in [0.25, 0.3) is 11.8 Å². The molecular formula is C43H57N9O11. The van der Waals surface area contributed by atoms with Gasteiger partial charge < -0.3 is 52.3 Å². The van der Waals surface area contributed by atoms with Crippen molar-refractivity contribution >= 4 is 47.3 Å². The van der Waals surface area contributed by atoms with Gasteiger partial charge >= 0.3 is 17.9 Å². The fraction of sp³-hybridized carbons (Fsp3) is 0.395. The Balaban J connectivity index is 0.000000361. The number of rotatable bonds is 22. The monoisotopic (exact) mass is 875 g/mol. The number of imidazole rings is 2. The van der Waals surface area contributed by atoms with Crippen LogP contribution in [-0.4, -0.2) is 114 Å². The molecule has 4 unspecified atom stereocenters. The quantitative estimate of drug-likeness (QED) is 0.0540. The van der Waals surface area contributed by atoms with Gasteiger partial charge in [-0.3, -0.25) is 28.8 Å². The smallest absolute Gasteiger partial charge is 0.326 e. The molecule has 0 fully saturated rings. The van der Waals surface area contributed by atoms with Crippen molar-refractivity contribution in [2.45, 2.75) is 77.9 Å². The molecule has 0 aliphatic heterocycles. The SMILES string of the molecule is CC(C)CC(NC(=O)C(CC(=O)CNC(=O)c1ccccc1)Cc1cnc[nH]1)C(=O)O.CC(C)CC(NC(=O)C(N)Cc1cnc[nH]1)C(=O)O.O=C(O)CNC(=O)c1ccccc1. The number of aromatic nitrogens is 4. The van der Waals surface area contributed by atoms with E-state index in [-0.39, 0.29) is 61.8 Å². The highest BCUT2D eigenvalue weighted by molar-refractivity contribution is 5.98. The van der Waals surface area contributed by atoms with Gasteiger partial charge in [0.15, 0.2) is 5.78 Å². The lowest BCUT2D eigenvalue weighted by atomic mass is 9.94. The number of aliphatic carboxylic acids is 3. The summed E-state index contributed by atoms with van der Waals surface area (Å²) in [7, 11) is 0. The number of carbonyl (C=O) groups is 8. The van der Waals surface area contributed by atoms with Crippen molar-refractivity contribution in [3.8, 4) is 0 Å². The van der Waals surface area contributed by atoms with Crippen LogP contribution in [0.3, 0.4) is 0 Å². The Hall–Kier alpha value is -7.22. The molecule has 20 heteroatoms. The molecule has 0 saturated heterocycles. The Morgan fingerprint density at radius 1 is 0.619 bits per heavy atom. The second-order valence-electron chi connectivity index (χ2n) is 15.2. The summed E-state index contributed by atoms with van der Waals surface area (Å²) >= 11 is 0. The zero-order chi connectivity index (χ0) is 46.9. The average molecular weight is 876 g/mol. The van der Waals surface area contributed by atoms with Crippen LogP contribution >= 0.6 is 0 Å². The molecule has 0 saturated carbocycles. The van der Waals surface area contributed by atoms with Crippen LogP contribution in [0.5, 0.6) is 0 Å². The first-order chi connectivity index (χ1) is 29.9. The highest BCUT2D eigenvalue weighted by atomic mass is 16.4. The van der Waals surface area contributed by atoms with Gasteiger partial charge in [0.05, 0.1) is 31.2 Å². The number of nitrogens with one attached hydrogen (secondary N) is 6. The highest BCUT2D eigenvalue weighted by Crippen LogP contribution is 2.14. The summed E-state index contributed by atoms with van der Waals surface area (Å²) in [5, 5.41) is 36.6. The van der Waals surface area contributed by atoms with Gasteiger partial charge in [-0.1, -0.05) is 64.1 Å². The topological polar surface area (TPSA) is 329 Å². The molecule has 4 rings (SSSR count). The zero-order valence-corrected chi connectivity index (χ0v) is 35.6. The predicted octanol–water partition coefficient (Wildman–Crippen LogP) is 1.97. The number of aromatic amines is 2. The van der Waals surface area contributed by atoms with Crippen molar-refractivity contribution in [1.29, 1.82) is 0 Å². The van der Waals surface area contributed by atoms with Crippen LogP contribution in [0, 0.1) is 17.8 Å². The number of nitrogens with two attached hydrogens (primary N) is 1. The van der Waals surface area contributed by atoms with Crippen molar-refractivity contribution < 1.29 is 53.7 Å². The van der Waals surface area contributed by atoms with Gasteiger partial charge in [-0.25, -0.2) is 19.6 Å². The Bertz CT molecular complexity index is 2040. The molecular weight excluding hydrogens is 819 g/mol. The van der Waals surface area contributed by atoms with Crippen molar-refractivity contribution in [3.63, 3.8) is 0 Å². The Morgan fingerprint density at radius 3 is 1.44 bits per heavy atom. The number of amides is 4. The standard InChI is InChI=1S/C22H28N4O5.C12H20N4O3.C9H9NO3/c1-14(2)8-19(22(30)31)26-21(29)16(9-17-11-23-13-25-17)10-18(27)12-24-20(28)15-6-4-3-5-7-15;1-7(2)3-10(12(18)19)16-11(17)9(13)4-8-5-14-6-15-8;11-8(12)6-10-9(13)7-4-2-1-3-5-7/h3-7,11,13-14,16,19H,8-10,12H2,1-2H3,(H,23,25)(H,24,28)(H,26,29)(H,30,31);5-7,9-10H,3-4,13H2,1-2H3,(H,14,15)(H,16,17)(H,18,19);1-5H,6H2,(H,10,13)(H,11,12). The first kappa shape index (κ1) is 51.9. The maximum atomic E-state index is 12.8. The Labute approximate surface area is 364 Å². The van der Waals surface area contributed by atoms with E-state index >= 15 is 0 Å². The highest BCUT2D eigenvalue weighted by Gasteiger charge is 2.29. The number of Topliss-reactive ketones (excluding diaryl/α,β-unsaturated/α-hetero) is 1. The molecule has 2 aromatic carbocycles. The number of carbonyl (C=O) groups excluding carboxylic acids is 5. The third kappa shape index (κ3) is 21.2. The maximum absolute atomic E-state index is 12.8. The molecule has 11 N–H and O–H groups in total. The van der Waals surface area contributed by atoms with Gasteiger partial charge in [0.2, 0.25) is 11.8 Å². The third-order valence-corrected chi connectivity index (χ3v) is 8.76. The normalized spacial score (nSPS) is 12.4. The molecule has 0 aliphatic carbocycles. The molecule has 4 atom stereocenters. The van der Waals surface area contributed by atoms with E-state index < -0.39 is 53.8 Å². The van der Waals surface area contributed by atoms with Crippen LogP contribution in [0.2, 0.25) is 0 Å². The Kier molecular flexibility index (Phi) is 22.7. The summed E-state index contributed by atoms with van der Waals surface area (Å²) in [6.07, 6.45) is 7.08. The molecule has 340 valence electrons. The van der Waals surface area contributed by atoms with Gasteiger partial charge in [-0.05, 0) is 48.9 Å². The van der Waals surface area contributed by atoms with Crippen LogP contribution in [0.1, 0.15) is 79.1 Å². The van der Waals surface area contributed by atoms with E-state index in [9.17, 15) is 43.5 Å². The first-order valence-corrected chi connectivity index (χ1v) is 20.0. The molecule has 0 bridgehead atoms. The fourth-order valence-corrected chi connectivity index (χ4v) is 5.66. The minimum absolute atomic E-state index is 0.0716. The van der Waals surface area contributed by atoms with E-state index in [1.165, 1.54) is 12.7 Å². The van der Waals surface area contributed by atoms with Crippen LogP contribution in [0.15, 0.2) is 85.7 Å². The molecule has 0 radical (unpaired) electrons. The van der Waals surface area contributed by atoms with Crippen LogP contribution < -0.4 is 27.0 Å². The minimum atomic E-state index is -1.12. The van der Waals surface area contributed by atoms with Gasteiger partial charge in [0.1, 0.15) is 18.6 Å². The van der Waals surface area contributed by atoms with E-state index in [0.717, 1.165) is 5.69 Å². The van der Waals surface area contributed by atoms with Crippen molar-refractivity contribution in [3.05, 3.63) is 108 Å². The van der Waals surface area contributed by atoms with Gasteiger partial charge in [-0.2, -0.15) is 0 Å². The Morgan fingerprint density at radius 2 is 1.05 bits per heavy atom. The number of carboxylic acids is 3. The van der Waals surface area contributed by atoms with E-state index in [1.807, 2.05) is 27.7 Å². The number of ketones is 1. The van der Waals surface area contributed by atoms with Crippen molar-refractivity contribution in [1.82, 2.24) is 41.2 Å². The summed E-state index contributed by atoms with van der Waals surface area (Å²) in [6, 6.07) is 14.2. The number of H-pyrrole nitrogens is 2. The number of benzene rings is 2. The van der Waals surface area contributed by atoms with Crippen molar-refractivity contribution in [2.75, 3.05) is 13.1 Å². The molecule has 0 spiro atoms. The van der Waals surface area contributed by atoms with E-state index in [4.69, 9.17) is 15.9 Å². The number of hydrogen-bond donors (Lipinski definition) is 10. The van der Waals surface area contributed by atoms with Crippen LogP contribution in [0.4, 0.5) is 0 Å². The van der Waals surface area contributed by atoms with Crippen LogP contribution in [-0.2, 0) is 41.6 Å². The molecule has 20 nitrogen and oxygen atoms in total. The number of hydrogen-bond acceptors (Lipinski definition) is 11. The molecule has 2 heterocycles. The molecule has 63 heavy (non-hydrogen) atoms.